The second kappa shape index (κ2) is 5.74. The van der Waals surface area contributed by atoms with Gasteiger partial charge in [0.05, 0.1) is 16.3 Å². The van der Waals surface area contributed by atoms with E-state index in [-0.39, 0.29) is 5.91 Å². The zero-order chi connectivity index (χ0) is 14.8. The van der Waals surface area contributed by atoms with Gasteiger partial charge in [0, 0.05) is 17.3 Å². The van der Waals surface area contributed by atoms with Crippen LogP contribution in [-0.2, 0) is 0 Å². The van der Waals surface area contributed by atoms with E-state index in [9.17, 15) is 4.79 Å². The highest BCUT2D eigenvalue weighted by Gasteiger charge is 2.16. The van der Waals surface area contributed by atoms with Crippen molar-refractivity contribution in [3.05, 3.63) is 59.9 Å². The number of rotatable bonds is 3. The molecule has 4 heteroatoms. The lowest BCUT2D eigenvalue weighted by Crippen LogP contribution is -2.14. The number of aromatic nitrogens is 2. The first-order valence-electron chi connectivity index (χ1n) is 6.82. The maximum atomic E-state index is 12.6. The third-order valence-electron chi connectivity index (χ3n) is 3.66. The third kappa shape index (κ3) is 2.59. The van der Waals surface area contributed by atoms with Crippen LogP contribution in [0, 0.1) is 13.8 Å². The smallest absolute Gasteiger partial charge is 0.241 e. The molecule has 0 aliphatic rings. The Hall–Kier alpha value is -2.07. The average molecular weight is 296 g/mol. The largest absolute Gasteiger partial charge is 0.284 e. The maximum Gasteiger partial charge on any atom is 0.241 e. The van der Waals surface area contributed by atoms with E-state index >= 15 is 0 Å². The van der Waals surface area contributed by atoms with Crippen LogP contribution in [0.4, 0.5) is 0 Å². The number of benzene rings is 1. The maximum absolute atomic E-state index is 12.6. The topological polar surface area (TPSA) is 34.9 Å². The van der Waals surface area contributed by atoms with Crippen molar-refractivity contribution >= 4 is 28.6 Å². The van der Waals surface area contributed by atoms with E-state index in [1.54, 1.807) is 6.20 Å². The minimum absolute atomic E-state index is 0.0902. The normalized spacial score (nSPS) is 11.0. The molecule has 0 fully saturated rings. The van der Waals surface area contributed by atoms with E-state index < -0.39 is 0 Å². The van der Waals surface area contributed by atoms with Gasteiger partial charge >= 0.3 is 0 Å². The minimum Gasteiger partial charge on any atom is -0.284 e. The van der Waals surface area contributed by atoms with Crippen molar-refractivity contribution in [2.45, 2.75) is 18.9 Å². The van der Waals surface area contributed by atoms with E-state index in [0.717, 1.165) is 21.6 Å². The Balaban J connectivity index is 1.90. The summed E-state index contributed by atoms with van der Waals surface area (Å²) in [5, 5.41) is 2.02. The fourth-order valence-electron chi connectivity index (χ4n) is 2.48. The van der Waals surface area contributed by atoms with Crippen LogP contribution in [0.25, 0.3) is 10.9 Å². The van der Waals surface area contributed by atoms with Gasteiger partial charge in [0.25, 0.3) is 0 Å². The van der Waals surface area contributed by atoms with Crippen LogP contribution in [0.1, 0.15) is 16.1 Å². The van der Waals surface area contributed by atoms with Gasteiger partial charge in [-0.1, -0.05) is 36.0 Å². The van der Waals surface area contributed by atoms with Gasteiger partial charge in [-0.3, -0.25) is 9.36 Å². The molecule has 0 unspecified atom stereocenters. The molecule has 0 saturated carbocycles. The number of thioether (sulfide) groups is 1. The fourth-order valence-corrected chi connectivity index (χ4v) is 3.19. The number of aryl methyl sites for hydroxylation is 1. The highest BCUT2D eigenvalue weighted by atomic mass is 32.2. The van der Waals surface area contributed by atoms with E-state index in [2.05, 4.69) is 18.0 Å². The van der Waals surface area contributed by atoms with Crippen LogP contribution in [0.3, 0.4) is 0 Å². The molecule has 0 radical (unpaired) electrons. The molecular weight excluding hydrogens is 280 g/mol. The van der Waals surface area contributed by atoms with Crippen LogP contribution in [0.5, 0.6) is 0 Å². The van der Waals surface area contributed by atoms with Gasteiger partial charge in [0.15, 0.2) is 0 Å². The Labute approximate surface area is 128 Å². The summed E-state index contributed by atoms with van der Waals surface area (Å²) in [7, 11) is 0. The number of pyridine rings is 1. The third-order valence-corrected chi connectivity index (χ3v) is 4.59. The second-order valence-electron chi connectivity index (χ2n) is 4.91. The van der Waals surface area contributed by atoms with Gasteiger partial charge in [-0.2, -0.15) is 0 Å². The summed E-state index contributed by atoms with van der Waals surface area (Å²) < 4.78 is 1.82. The number of carbonyl (C=O) groups is 1. The van der Waals surface area contributed by atoms with Crippen molar-refractivity contribution in [1.29, 1.82) is 0 Å². The van der Waals surface area contributed by atoms with Gasteiger partial charge < -0.3 is 0 Å². The van der Waals surface area contributed by atoms with Gasteiger partial charge in [0.2, 0.25) is 5.91 Å². The Morgan fingerprint density at radius 1 is 1.14 bits per heavy atom. The zero-order valence-electron chi connectivity index (χ0n) is 12.0. The molecule has 3 rings (SSSR count). The standard InChI is InChI=1S/C17H16N2OS/c1-12-13(2)19(15-8-4-3-7-14(12)15)17(20)11-21-16-9-5-6-10-18-16/h3-10H,11H2,1-2H3. The van der Waals surface area contributed by atoms with Crippen LogP contribution in [0.15, 0.2) is 53.7 Å². The number of carbonyl (C=O) groups excluding carboxylic acids is 1. The van der Waals surface area contributed by atoms with E-state index in [1.807, 2.05) is 47.9 Å². The van der Waals surface area contributed by atoms with Crippen molar-refractivity contribution in [2.75, 3.05) is 5.75 Å². The Morgan fingerprint density at radius 2 is 1.90 bits per heavy atom. The summed E-state index contributed by atoms with van der Waals surface area (Å²) in [6.45, 7) is 4.06. The van der Waals surface area contributed by atoms with Gasteiger partial charge in [0.1, 0.15) is 0 Å². The molecule has 0 N–H and O–H groups in total. The predicted octanol–water partition coefficient (Wildman–Crippen LogP) is 4.09. The molecule has 0 aliphatic carbocycles. The summed E-state index contributed by atoms with van der Waals surface area (Å²) in [6, 6.07) is 13.8. The average Bonchev–Trinajstić information content (AvgIpc) is 2.78. The summed E-state index contributed by atoms with van der Waals surface area (Å²) in [5.41, 5.74) is 3.17. The molecule has 0 amide bonds. The fraction of sp³-hybridized carbons (Fsp3) is 0.176. The summed E-state index contributed by atoms with van der Waals surface area (Å²) >= 11 is 1.47. The summed E-state index contributed by atoms with van der Waals surface area (Å²) in [4.78, 5) is 16.8. The SMILES string of the molecule is Cc1c(C)n(C(=O)CSc2ccccn2)c2ccccc12. The highest BCUT2D eigenvalue weighted by Crippen LogP contribution is 2.25. The first kappa shape index (κ1) is 13.9. The van der Waals surface area contributed by atoms with Crippen LogP contribution in [-0.4, -0.2) is 21.2 Å². The van der Waals surface area contributed by atoms with Crippen LogP contribution in [0.2, 0.25) is 0 Å². The Kier molecular flexibility index (Phi) is 3.80. The van der Waals surface area contributed by atoms with Crippen LogP contribution < -0.4 is 0 Å². The summed E-state index contributed by atoms with van der Waals surface area (Å²) in [5.74, 6) is 0.475. The summed E-state index contributed by atoms with van der Waals surface area (Å²) in [6.07, 6.45) is 1.74. The molecule has 2 heterocycles. The van der Waals surface area contributed by atoms with Crippen molar-refractivity contribution < 1.29 is 4.79 Å². The van der Waals surface area contributed by atoms with E-state index in [0.29, 0.717) is 5.75 Å². The number of hydrogen-bond donors (Lipinski definition) is 0. The Morgan fingerprint density at radius 3 is 2.67 bits per heavy atom. The van der Waals surface area contributed by atoms with Crippen molar-refractivity contribution in [3.63, 3.8) is 0 Å². The van der Waals surface area contributed by atoms with E-state index in [4.69, 9.17) is 0 Å². The molecule has 0 aliphatic heterocycles. The molecular formula is C17H16N2OS. The molecule has 0 spiro atoms. The monoisotopic (exact) mass is 296 g/mol. The van der Waals surface area contributed by atoms with Crippen LogP contribution >= 0.6 is 11.8 Å². The zero-order valence-corrected chi connectivity index (χ0v) is 12.9. The molecule has 3 aromatic rings. The lowest BCUT2D eigenvalue weighted by Gasteiger charge is -2.06. The van der Waals surface area contributed by atoms with Gasteiger partial charge in [-0.15, -0.1) is 0 Å². The first-order chi connectivity index (χ1) is 10.2. The van der Waals surface area contributed by atoms with Gasteiger partial charge in [-0.05, 0) is 37.6 Å². The number of hydrogen-bond acceptors (Lipinski definition) is 3. The minimum atomic E-state index is 0.0902. The quantitative estimate of drug-likeness (QED) is 0.683. The Bertz CT molecular complexity index is 793. The molecule has 0 atom stereocenters. The first-order valence-corrected chi connectivity index (χ1v) is 7.80. The number of para-hydroxylation sites is 1. The number of fused-ring (bicyclic) bond motifs is 1. The molecule has 2 aromatic heterocycles. The molecule has 106 valence electrons. The lowest BCUT2D eigenvalue weighted by molar-refractivity contribution is 0.0945. The van der Waals surface area contributed by atoms with E-state index in [1.165, 1.54) is 17.3 Å². The van der Waals surface area contributed by atoms with Crippen molar-refractivity contribution in [1.82, 2.24) is 9.55 Å². The molecule has 0 saturated heterocycles. The highest BCUT2D eigenvalue weighted by molar-refractivity contribution is 7.99. The van der Waals surface area contributed by atoms with Crippen molar-refractivity contribution in [3.8, 4) is 0 Å². The van der Waals surface area contributed by atoms with Gasteiger partial charge in [-0.25, -0.2) is 4.98 Å². The number of nitrogens with zero attached hydrogens (tertiary/aromatic N) is 2. The second-order valence-corrected chi connectivity index (χ2v) is 5.91. The predicted molar refractivity (Wildman–Crippen MR) is 87.0 cm³/mol. The molecule has 3 nitrogen and oxygen atoms in total. The van der Waals surface area contributed by atoms with Crippen molar-refractivity contribution in [2.24, 2.45) is 0 Å². The molecule has 21 heavy (non-hydrogen) atoms. The molecule has 1 aromatic carbocycles. The lowest BCUT2D eigenvalue weighted by atomic mass is 10.2. The molecule has 0 bridgehead atoms.